The number of aliphatic hydroxyl groups excluding tert-OH is 1. The van der Waals surface area contributed by atoms with Crippen molar-refractivity contribution in [3.8, 4) is 11.5 Å². The minimum Gasteiger partial charge on any atom is -0.493 e. The minimum atomic E-state index is -0.420. The van der Waals surface area contributed by atoms with Gasteiger partial charge in [0, 0.05) is 6.54 Å². The second-order valence-corrected chi connectivity index (χ2v) is 8.33. The van der Waals surface area contributed by atoms with Crippen molar-refractivity contribution in [1.82, 2.24) is 4.90 Å². The van der Waals surface area contributed by atoms with E-state index >= 15 is 0 Å². The average Bonchev–Trinajstić information content (AvgIpc) is 2.74. The van der Waals surface area contributed by atoms with Crippen molar-refractivity contribution in [3.05, 3.63) is 58.7 Å². The first-order chi connectivity index (χ1) is 14.0. The fourth-order valence-corrected chi connectivity index (χ4v) is 4.29. The summed E-state index contributed by atoms with van der Waals surface area (Å²) in [5, 5.41) is 10.9. The Hall–Kier alpha value is -2.04. The van der Waals surface area contributed by atoms with E-state index in [0.717, 1.165) is 56.5 Å². The highest BCUT2D eigenvalue weighted by Crippen LogP contribution is 2.41. The predicted molar refractivity (Wildman–Crippen MR) is 118 cm³/mol. The fourth-order valence-electron chi connectivity index (χ4n) is 4.29. The summed E-state index contributed by atoms with van der Waals surface area (Å²) in [6.07, 6.45) is 4.82. The number of rotatable bonds is 9. The summed E-state index contributed by atoms with van der Waals surface area (Å²) in [6.45, 7) is 4.25. The van der Waals surface area contributed by atoms with Gasteiger partial charge in [0.2, 0.25) is 0 Å². The summed E-state index contributed by atoms with van der Waals surface area (Å²) < 4.78 is 10.8. The third-order valence-electron chi connectivity index (χ3n) is 6.21. The van der Waals surface area contributed by atoms with Crippen LogP contribution in [-0.4, -0.2) is 44.4 Å². The number of fused-ring (bicyclic) bond motifs is 1. The molecule has 0 aromatic heterocycles. The highest BCUT2D eigenvalue weighted by molar-refractivity contribution is 5.49. The molecule has 2 aromatic rings. The van der Waals surface area contributed by atoms with Crippen molar-refractivity contribution in [2.24, 2.45) is 5.92 Å². The Morgan fingerprint density at radius 1 is 1.03 bits per heavy atom. The van der Waals surface area contributed by atoms with Gasteiger partial charge in [-0.25, -0.2) is 0 Å². The van der Waals surface area contributed by atoms with Crippen molar-refractivity contribution >= 4 is 0 Å². The van der Waals surface area contributed by atoms with Crippen molar-refractivity contribution in [3.63, 3.8) is 0 Å². The van der Waals surface area contributed by atoms with Gasteiger partial charge in [-0.3, -0.25) is 0 Å². The summed E-state index contributed by atoms with van der Waals surface area (Å²) in [5.74, 6) is 1.75. The summed E-state index contributed by atoms with van der Waals surface area (Å²) in [4.78, 5) is 2.40. The maximum absolute atomic E-state index is 10.9. The van der Waals surface area contributed by atoms with Crippen LogP contribution in [0.3, 0.4) is 0 Å². The van der Waals surface area contributed by atoms with Crippen molar-refractivity contribution in [2.45, 2.75) is 45.1 Å². The quantitative estimate of drug-likeness (QED) is 0.673. The molecule has 1 aliphatic rings. The third-order valence-corrected chi connectivity index (χ3v) is 6.21. The number of hydrogen-bond donors (Lipinski definition) is 1. The largest absolute Gasteiger partial charge is 0.493 e. The SMILES string of the molecule is COc1cc2c(cc1OC)C(O)C(CCCN(C)CCc1ccc(C)cc1)CC2. The normalized spacial score (nSPS) is 18.6. The van der Waals surface area contributed by atoms with Gasteiger partial charge in [-0.1, -0.05) is 29.8 Å². The monoisotopic (exact) mass is 397 g/mol. The summed E-state index contributed by atoms with van der Waals surface area (Å²) in [7, 11) is 5.49. The van der Waals surface area contributed by atoms with Gasteiger partial charge in [0.15, 0.2) is 11.5 Å². The molecule has 0 fully saturated rings. The van der Waals surface area contributed by atoms with Crippen LogP contribution in [0.2, 0.25) is 0 Å². The second kappa shape index (κ2) is 10.1. The Morgan fingerprint density at radius 3 is 2.41 bits per heavy atom. The molecule has 3 rings (SSSR count). The lowest BCUT2D eigenvalue weighted by molar-refractivity contribution is 0.0851. The molecule has 0 radical (unpaired) electrons. The van der Waals surface area contributed by atoms with Crippen LogP contribution in [0.4, 0.5) is 0 Å². The van der Waals surface area contributed by atoms with Crippen LogP contribution in [0.15, 0.2) is 36.4 Å². The second-order valence-electron chi connectivity index (χ2n) is 8.33. The molecule has 0 amide bonds. The van der Waals surface area contributed by atoms with Gasteiger partial charge in [0.05, 0.1) is 20.3 Å². The first-order valence-electron chi connectivity index (χ1n) is 10.7. The van der Waals surface area contributed by atoms with Crippen LogP contribution in [0.5, 0.6) is 11.5 Å². The molecule has 0 saturated heterocycles. The molecular weight excluding hydrogens is 362 g/mol. The number of ether oxygens (including phenoxy) is 2. The van der Waals surface area contributed by atoms with Crippen molar-refractivity contribution < 1.29 is 14.6 Å². The zero-order valence-corrected chi connectivity index (χ0v) is 18.3. The average molecular weight is 398 g/mol. The number of nitrogens with zero attached hydrogens (tertiary/aromatic N) is 1. The molecule has 1 N–H and O–H groups in total. The van der Waals surface area contributed by atoms with Gasteiger partial charge in [-0.05, 0) is 87.4 Å². The third kappa shape index (κ3) is 5.52. The van der Waals surface area contributed by atoms with Crippen LogP contribution in [0.1, 0.15) is 47.6 Å². The van der Waals surface area contributed by atoms with E-state index in [1.807, 2.05) is 12.1 Å². The lowest BCUT2D eigenvalue weighted by Crippen LogP contribution is -2.25. The van der Waals surface area contributed by atoms with E-state index in [2.05, 4.69) is 43.1 Å². The van der Waals surface area contributed by atoms with Crippen LogP contribution in [0, 0.1) is 12.8 Å². The first kappa shape index (κ1) is 21.7. The Balaban J connectivity index is 1.48. The summed E-state index contributed by atoms with van der Waals surface area (Å²) in [5.41, 5.74) is 4.89. The Bertz CT molecular complexity index is 787. The van der Waals surface area contributed by atoms with Gasteiger partial charge in [0.1, 0.15) is 0 Å². The molecule has 2 atom stereocenters. The molecule has 2 aromatic carbocycles. The standard InChI is InChI=1S/C25H35NO3/c1-18-7-9-19(10-8-18)13-15-26(2)14-5-6-20-11-12-21-16-23(28-3)24(29-4)17-22(21)25(20)27/h7-10,16-17,20,25,27H,5-6,11-15H2,1-4H3. The molecule has 0 bridgehead atoms. The van der Waals surface area contributed by atoms with Gasteiger partial charge in [-0.15, -0.1) is 0 Å². The number of benzene rings is 2. The van der Waals surface area contributed by atoms with E-state index in [1.54, 1.807) is 14.2 Å². The van der Waals surface area contributed by atoms with E-state index in [4.69, 9.17) is 9.47 Å². The van der Waals surface area contributed by atoms with Gasteiger partial charge >= 0.3 is 0 Å². The smallest absolute Gasteiger partial charge is 0.161 e. The number of aryl methyl sites for hydroxylation is 2. The minimum absolute atomic E-state index is 0.311. The zero-order chi connectivity index (χ0) is 20.8. The molecule has 29 heavy (non-hydrogen) atoms. The first-order valence-corrected chi connectivity index (χ1v) is 10.7. The summed E-state index contributed by atoms with van der Waals surface area (Å²) in [6, 6.07) is 12.8. The zero-order valence-electron chi connectivity index (χ0n) is 18.3. The maximum Gasteiger partial charge on any atom is 0.161 e. The molecule has 158 valence electrons. The maximum atomic E-state index is 10.9. The van der Waals surface area contributed by atoms with Crippen LogP contribution >= 0.6 is 0 Å². The van der Waals surface area contributed by atoms with Gasteiger partial charge in [0.25, 0.3) is 0 Å². The molecule has 1 aliphatic carbocycles. The Labute approximate surface area is 175 Å². The number of likely N-dealkylation sites (N-methyl/N-ethyl adjacent to an activating group) is 1. The van der Waals surface area contributed by atoms with Crippen LogP contribution in [-0.2, 0) is 12.8 Å². The summed E-state index contributed by atoms with van der Waals surface area (Å²) >= 11 is 0. The highest BCUT2D eigenvalue weighted by Gasteiger charge is 2.29. The molecule has 2 unspecified atom stereocenters. The van der Waals surface area contributed by atoms with E-state index in [0.29, 0.717) is 11.7 Å². The number of methoxy groups -OCH3 is 2. The van der Waals surface area contributed by atoms with Crippen LogP contribution in [0.25, 0.3) is 0 Å². The molecule has 0 saturated carbocycles. The van der Waals surface area contributed by atoms with E-state index < -0.39 is 6.10 Å². The topological polar surface area (TPSA) is 41.9 Å². The predicted octanol–water partition coefficient (Wildman–Crippen LogP) is 4.56. The molecular formula is C25H35NO3. The van der Waals surface area contributed by atoms with Crippen LogP contribution < -0.4 is 9.47 Å². The molecule has 0 aliphatic heterocycles. The van der Waals surface area contributed by atoms with Gasteiger partial charge in [-0.2, -0.15) is 0 Å². The number of hydrogen-bond acceptors (Lipinski definition) is 4. The Morgan fingerprint density at radius 2 is 1.72 bits per heavy atom. The fraction of sp³-hybridized carbons (Fsp3) is 0.520. The van der Waals surface area contributed by atoms with Gasteiger partial charge < -0.3 is 19.5 Å². The van der Waals surface area contributed by atoms with E-state index in [-0.39, 0.29) is 0 Å². The molecule has 0 spiro atoms. The lowest BCUT2D eigenvalue weighted by atomic mass is 9.79. The lowest BCUT2D eigenvalue weighted by Gasteiger charge is -2.31. The number of aliphatic hydroxyl groups is 1. The molecule has 4 nitrogen and oxygen atoms in total. The Kier molecular flexibility index (Phi) is 7.57. The van der Waals surface area contributed by atoms with Crippen molar-refractivity contribution in [2.75, 3.05) is 34.4 Å². The van der Waals surface area contributed by atoms with Crippen molar-refractivity contribution in [1.29, 1.82) is 0 Å². The molecule has 4 heteroatoms. The van der Waals surface area contributed by atoms with E-state index in [1.165, 1.54) is 16.7 Å². The highest BCUT2D eigenvalue weighted by atomic mass is 16.5. The molecule has 0 heterocycles. The van der Waals surface area contributed by atoms with E-state index in [9.17, 15) is 5.11 Å².